The normalized spacial score (nSPS) is 11.8. The molecule has 7 heteroatoms. The Labute approximate surface area is 97.4 Å². The fourth-order valence-corrected chi connectivity index (χ4v) is 2.11. The van der Waals surface area contributed by atoms with Crippen LogP contribution in [0.2, 0.25) is 0 Å². The standard InChI is InChI=1S/C9H15N5OS/c1-6(2)8-11-12-9-14(8)13-7(16-9)5-15-4-3-10/h6H,3-5,10H2,1-2H3. The fourth-order valence-electron chi connectivity index (χ4n) is 1.33. The van der Waals surface area contributed by atoms with Gasteiger partial charge in [-0.3, -0.25) is 0 Å². The summed E-state index contributed by atoms with van der Waals surface area (Å²) >= 11 is 1.50. The first-order chi connectivity index (χ1) is 7.72. The van der Waals surface area contributed by atoms with Crippen LogP contribution in [0.15, 0.2) is 0 Å². The van der Waals surface area contributed by atoms with Crippen LogP contribution in [0, 0.1) is 0 Å². The third-order valence-electron chi connectivity index (χ3n) is 2.06. The summed E-state index contributed by atoms with van der Waals surface area (Å²) in [6.45, 7) is 5.71. The second-order valence-electron chi connectivity index (χ2n) is 3.74. The van der Waals surface area contributed by atoms with Crippen LogP contribution in [-0.4, -0.2) is 33.0 Å². The molecule has 0 spiro atoms. The average molecular weight is 241 g/mol. The van der Waals surface area contributed by atoms with Crippen molar-refractivity contribution in [3.05, 3.63) is 10.8 Å². The van der Waals surface area contributed by atoms with Crippen molar-refractivity contribution in [3.63, 3.8) is 0 Å². The highest BCUT2D eigenvalue weighted by atomic mass is 32.1. The number of hydrogen-bond donors (Lipinski definition) is 1. The van der Waals surface area contributed by atoms with E-state index in [1.54, 1.807) is 4.52 Å². The van der Waals surface area contributed by atoms with E-state index in [2.05, 4.69) is 29.1 Å². The van der Waals surface area contributed by atoms with Gasteiger partial charge < -0.3 is 10.5 Å². The predicted molar refractivity (Wildman–Crippen MR) is 61.5 cm³/mol. The molecule has 0 atom stereocenters. The van der Waals surface area contributed by atoms with Crippen molar-refractivity contribution in [2.75, 3.05) is 13.2 Å². The minimum atomic E-state index is 0.315. The molecule has 0 radical (unpaired) electrons. The van der Waals surface area contributed by atoms with Crippen LogP contribution in [0.5, 0.6) is 0 Å². The van der Waals surface area contributed by atoms with Gasteiger partial charge in [0.25, 0.3) is 0 Å². The third-order valence-corrected chi connectivity index (χ3v) is 2.93. The second kappa shape index (κ2) is 4.86. The Balaban J connectivity index is 2.17. The quantitative estimate of drug-likeness (QED) is 0.783. The Kier molecular flexibility index (Phi) is 3.47. The molecule has 2 rings (SSSR count). The van der Waals surface area contributed by atoms with Crippen molar-refractivity contribution in [2.24, 2.45) is 5.73 Å². The SMILES string of the molecule is CC(C)c1nnc2sc(COCCN)nn12. The first-order valence-electron chi connectivity index (χ1n) is 5.21. The molecule has 2 N–H and O–H groups in total. The first-order valence-corrected chi connectivity index (χ1v) is 6.03. The maximum Gasteiger partial charge on any atom is 0.234 e. The molecule has 88 valence electrons. The van der Waals surface area contributed by atoms with Crippen molar-refractivity contribution >= 4 is 16.3 Å². The Morgan fingerprint density at radius 2 is 2.25 bits per heavy atom. The summed E-state index contributed by atoms with van der Waals surface area (Å²) in [4.78, 5) is 0.815. The third kappa shape index (κ3) is 2.21. The van der Waals surface area contributed by atoms with Crippen molar-refractivity contribution in [1.29, 1.82) is 0 Å². The summed E-state index contributed by atoms with van der Waals surface area (Å²) in [7, 11) is 0. The molecule has 0 saturated carbocycles. The monoisotopic (exact) mass is 241 g/mol. The minimum Gasteiger partial charge on any atom is -0.373 e. The van der Waals surface area contributed by atoms with Gasteiger partial charge in [-0.25, -0.2) is 0 Å². The van der Waals surface area contributed by atoms with Gasteiger partial charge in [-0.05, 0) is 0 Å². The van der Waals surface area contributed by atoms with E-state index in [4.69, 9.17) is 10.5 Å². The zero-order valence-electron chi connectivity index (χ0n) is 9.38. The molecule has 0 aliphatic heterocycles. The minimum absolute atomic E-state index is 0.315. The van der Waals surface area contributed by atoms with Crippen molar-refractivity contribution < 1.29 is 4.74 Å². The average Bonchev–Trinajstić information content (AvgIpc) is 2.76. The highest BCUT2D eigenvalue weighted by molar-refractivity contribution is 7.16. The van der Waals surface area contributed by atoms with Gasteiger partial charge in [0.1, 0.15) is 11.6 Å². The summed E-state index contributed by atoms with van der Waals surface area (Å²) in [5.41, 5.74) is 5.34. The van der Waals surface area contributed by atoms with Gasteiger partial charge in [0, 0.05) is 12.5 Å². The molecule has 0 bridgehead atoms. The van der Waals surface area contributed by atoms with E-state index in [1.807, 2.05) is 0 Å². The molecule has 2 aromatic rings. The molecule has 16 heavy (non-hydrogen) atoms. The van der Waals surface area contributed by atoms with Crippen molar-refractivity contribution in [3.8, 4) is 0 Å². The van der Waals surface area contributed by atoms with Crippen LogP contribution >= 0.6 is 11.3 Å². The smallest absolute Gasteiger partial charge is 0.234 e. The Bertz CT molecular complexity index is 463. The number of nitrogens with two attached hydrogens (primary N) is 1. The molecule has 2 aromatic heterocycles. The van der Waals surface area contributed by atoms with E-state index >= 15 is 0 Å². The van der Waals surface area contributed by atoms with Gasteiger partial charge in [-0.15, -0.1) is 10.2 Å². The highest BCUT2D eigenvalue weighted by Gasteiger charge is 2.13. The summed E-state index contributed by atoms with van der Waals surface area (Å²) in [6, 6.07) is 0. The molecule has 0 aliphatic carbocycles. The molecular formula is C9H15N5OS. The zero-order valence-corrected chi connectivity index (χ0v) is 10.2. The molecule has 2 heterocycles. The van der Waals surface area contributed by atoms with Gasteiger partial charge in [0.05, 0.1) is 6.61 Å². The van der Waals surface area contributed by atoms with Crippen molar-refractivity contribution in [2.45, 2.75) is 26.4 Å². The molecule has 0 unspecified atom stereocenters. The first kappa shape index (κ1) is 11.4. The number of aromatic nitrogens is 4. The topological polar surface area (TPSA) is 78.3 Å². The van der Waals surface area contributed by atoms with E-state index in [0.29, 0.717) is 25.7 Å². The zero-order chi connectivity index (χ0) is 11.5. The van der Waals surface area contributed by atoms with Crippen molar-refractivity contribution in [1.82, 2.24) is 19.8 Å². The maximum atomic E-state index is 5.34. The van der Waals surface area contributed by atoms with E-state index in [-0.39, 0.29) is 0 Å². The summed E-state index contributed by atoms with van der Waals surface area (Å²) in [5, 5.41) is 13.5. The Morgan fingerprint density at radius 3 is 2.94 bits per heavy atom. The molecular weight excluding hydrogens is 226 g/mol. The number of ether oxygens (including phenoxy) is 1. The van der Waals surface area contributed by atoms with Crippen LogP contribution < -0.4 is 5.73 Å². The van der Waals surface area contributed by atoms with Gasteiger partial charge in [-0.1, -0.05) is 25.2 Å². The Morgan fingerprint density at radius 1 is 1.44 bits per heavy atom. The lowest BCUT2D eigenvalue weighted by atomic mass is 10.2. The van der Waals surface area contributed by atoms with Crippen LogP contribution in [0.1, 0.15) is 30.6 Å². The fraction of sp³-hybridized carbons (Fsp3) is 0.667. The largest absolute Gasteiger partial charge is 0.373 e. The second-order valence-corrected chi connectivity index (χ2v) is 4.78. The molecule has 0 aliphatic rings. The number of rotatable bonds is 5. The lowest BCUT2D eigenvalue weighted by molar-refractivity contribution is 0.127. The van der Waals surface area contributed by atoms with E-state index in [1.165, 1.54) is 11.3 Å². The van der Waals surface area contributed by atoms with Crippen LogP contribution in [0.4, 0.5) is 0 Å². The van der Waals surface area contributed by atoms with Gasteiger partial charge >= 0.3 is 0 Å². The van der Waals surface area contributed by atoms with E-state index in [9.17, 15) is 0 Å². The Hall–Kier alpha value is -1.05. The predicted octanol–water partition coefficient (Wildman–Crippen LogP) is 0.784. The van der Waals surface area contributed by atoms with Crippen LogP contribution in [0.3, 0.4) is 0 Å². The molecule has 0 amide bonds. The van der Waals surface area contributed by atoms with Gasteiger partial charge in [-0.2, -0.15) is 9.61 Å². The van der Waals surface area contributed by atoms with Gasteiger partial charge in [0.2, 0.25) is 4.96 Å². The highest BCUT2D eigenvalue weighted by Crippen LogP contribution is 2.18. The molecule has 0 aromatic carbocycles. The summed E-state index contributed by atoms with van der Waals surface area (Å²) < 4.78 is 7.12. The van der Waals surface area contributed by atoms with E-state index in [0.717, 1.165) is 15.8 Å². The molecule has 0 saturated heterocycles. The van der Waals surface area contributed by atoms with E-state index < -0.39 is 0 Å². The molecule has 6 nitrogen and oxygen atoms in total. The lowest BCUT2D eigenvalue weighted by Crippen LogP contribution is -2.08. The summed E-state index contributed by atoms with van der Waals surface area (Å²) in [5.74, 6) is 1.20. The number of nitrogens with zero attached hydrogens (tertiary/aromatic N) is 4. The van der Waals surface area contributed by atoms with Crippen LogP contribution in [-0.2, 0) is 11.3 Å². The molecule has 0 fully saturated rings. The maximum absolute atomic E-state index is 5.34. The summed E-state index contributed by atoms with van der Waals surface area (Å²) in [6.07, 6.45) is 0. The van der Waals surface area contributed by atoms with Crippen LogP contribution in [0.25, 0.3) is 4.96 Å². The lowest BCUT2D eigenvalue weighted by Gasteiger charge is -1.99. The number of hydrogen-bond acceptors (Lipinski definition) is 6. The number of fused-ring (bicyclic) bond motifs is 1. The van der Waals surface area contributed by atoms with Gasteiger partial charge in [0.15, 0.2) is 5.82 Å².